The highest BCUT2D eigenvalue weighted by Crippen LogP contribution is 2.18. The molecule has 0 aliphatic carbocycles. The molecule has 1 aliphatic heterocycles. The number of amides is 1. The predicted octanol–water partition coefficient (Wildman–Crippen LogP) is 1.66. The van der Waals surface area contributed by atoms with Crippen molar-refractivity contribution in [2.45, 2.75) is 18.9 Å². The average Bonchev–Trinajstić information content (AvgIpc) is 2.37. The smallest absolute Gasteiger partial charge is 0.254 e. The monoisotopic (exact) mass is 252 g/mol. The number of carbonyl (C=O) groups excluding carboxylic acids is 1. The third-order valence-corrected chi connectivity index (χ3v) is 3.23. The Labute approximate surface area is 106 Å². The van der Waals surface area contributed by atoms with E-state index in [4.69, 9.17) is 10.5 Å². The lowest BCUT2D eigenvalue weighted by Crippen LogP contribution is -2.40. The summed E-state index contributed by atoms with van der Waals surface area (Å²) in [5.74, 6) is -0.652. The number of rotatable bonds is 2. The van der Waals surface area contributed by atoms with Gasteiger partial charge in [0.05, 0.1) is 6.10 Å². The van der Waals surface area contributed by atoms with Crippen LogP contribution in [0, 0.1) is 5.82 Å². The number of carbonyl (C=O) groups is 1. The van der Waals surface area contributed by atoms with Gasteiger partial charge in [0.15, 0.2) is 0 Å². The van der Waals surface area contributed by atoms with Crippen LogP contribution in [-0.2, 0) is 4.74 Å². The fourth-order valence-corrected chi connectivity index (χ4v) is 2.21. The molecule has 5 heteroatoms. The van der Waals surface area contributed by atoms with Crippen molar-refractivity contribution >= 4 is 11.6 Å². The molecule has 0 atom stereocenters. The molecule has 1 fully saturated rings. The number of methoxy groups -OCH3 is 1. The number of piperidine rings is 1. The molecular weight excluding hydrogens is 235 g/mol. The summed E-state index contributed by atoms with van der Waals surface area (Å²) in [6.45, 7) is 1.27. The molecule has 0 spiro atoms. The summed E-state index contributed by atoms with van der Waals surface area (Å²) in [7, 11) is 1.68. The second-order valence-electron chi connectivity index (χ2n) is 4.50. The van der Waals surface area contributed by atoms with Crippen molar-refractivity contribution in [1.29, 1.82) is 0 Å². The third kappa shape index (κ3) is 2.79. The number of anilines is 1. The van der Waals surface area contributed by atoms with Crippen LogP contribution in [-0.4, -0.2) is 37.1 Å². The Morgan fingerprint density at radius 3 is 2.61 bits per heavy atom. The molecule has 2 N–H and O–H groups in total. The maximum absolute atomic E-state index is 13.2. The number of likely N-dealkylation sites (tertiary alicyclic amines) is 1. The summed E-state index contributed by atoms with van der Waals surface area (Å²) in [6.07, 6.45) is 1.84. The van der Waals surface area contributed by atoms with Crippen LogP contribution in [0.4, 0.5) is 10.1 Å². The molecule has 0 bridgehead atoms. The van der Waals surface area contributed by atoms with Gasteiger partial charge in [0, 0.05) is 31.5 Å². The van der Waals surface area contributed by atoms with Gasteiger partial charge in [-0.25, -0.2) is 4.39 Å². The van der Waals surface area contributed by atoms with Crippen molar-refractivity contribution in [2.24, 2.45) is 0 Å². The lowest BCUT2D eigenvalue weighted by atomic mass is 10.1. The van der Waals surface area contributed by atoms with Gasteiger partial charge in [-0.2, -0.15) is 0 Å². The van der Waals surface area contributed by atoms with Gasteiger partial charge >= 0.3 is 0 Å². The summed E-state index contributed by atoms with van der Waals surface area (Å²) in [5, 5.41) is 0. The third-order valence-electron chi connectivity index (χ3n) is 3.23. The Morgan fingerprint density at radius 1 is 1.39 bits per heavy atom. The van der Waals surface area contributed by atoms with Crippen LogP contribution in [0.25, 0.3) is 0 Å². The van der Waals surface area contributed by atoms with E-state index in [0.29, 0.717) is 18.7 Å². The molecule has 4 nitrogen and oxygen atoms in total. The van der Waals surface area contributed by atoms with Crippen molar-refractivity contribution < 1.29 is 13.9 Å². The van der Waals surface area contributed by atoms with Gasteiger partial charge in [0.1, 0.15) is 5.82 Å². The molecule has 0 radical (unpaired) electrons. The Morgan fingerprint density at radius 2 is 2.06 bits per heavy atom. The zero-order chi connectivity index (χ0) is 13.1. The number of nitrogens with zero attached hydrogens (tertiary/aromatic N) is 1. The van der Waals surface area contributed by atoms with E-state index in [1.54, 1.807) is 12.0 Å². The zero-order valence-corrected chi connectivity index (χ0v) is 10.4. The van der Waals surface area contributed by atoms with Crippen molar-refractivity contribution in [3.63, 3.8) is 0 Å². The lowest BCUT2D eigenvalue weighted by Gasteiger charge is -2.31. The number of hydrogen-bond acceptors (Lipinski definition) is 3. The molecule has 18 heavy (non-hydrogen) atoms. The summed E-state index contributed by atoms with van der Waals surface area (Å²) < 4.78 is 18.4. The molecule has 0 unspecified atom stereocenters. The van der Waals surface area contributed by atoms with Gasteiger partial charge < -0.3 is 15.4 Å². The SMILES string of the molecule is COC1CCN(C(=O)c2cc(N)cc(F)c2)CC1. The van der Waals surface area contributed by atoms with Gasteiger partial charge in [-0.05, 0) is 31.0 Å². The molecule has 0 saturated carbocycles. The second-order valence-corrected chi connectivity index (χ2v) is 4.50. The highest BCUT2D eigenvalue weighted by atomic mass is 19.1. The average molecular weight is 252 g/mol. The van der Waals surface area contributed by atoms with Gasteiger partial charge in [0.2, 0.25) is 0 Å². The number of nitrogen functional groups attached to an aromatic ring is 1. The van der Waals surface area contributed by atoms with Crippen molar-refractivity contribution in [1.82, 2.24) is 4.90 Å². The Balaban J connectivity index is 2.07. The first-order valence-corrected chi connectivity index (χ1v) is 5.98. The predicted molar refractivity (Wildman–Crippen MR) is 66.7 cm³/mol. The molecule has 1 heterocycles. The van der Waals surface area contributed by atoms with Crippen LogP contribution >= 0.6 is 0 Å². The van der Waals surface area contributed by atoms with Gasteiger partial charge in [-0.15, -0.1) is 0 Å². The number of benzene rings is 1. The second kappa shape index (κ2) is 5.35. The largest absolute Gasteiger partial charge is 0.399 e. The molecule has 1 saturated heterocycles. The van der Waals surface area contributed by atoms with E-state index in [-0.39, 0.29) is 17.7 Å². The van der Waals surface area contributed by atoms with E-state index >= 15 is 0 Å². The maximum Gasteiger partial charge on any atom is 0.254 e. The number of halogens is 1. The van der Waals surface area contributed by atoms with Crippen LogP contribution < -0.4 is 5.73 Å². The highest BCUT2D eigenvalue weighted by molar-refractivity contribution is 5.95. The van der Waals surface area contributed by atoms with E-state index in [9.17, 15) is 9.18 Å². The number of ether oxygens (including phenoxy) is 1. The van der Waals surface area contributed by atoms with Gasteiger partial charge in [-0.3, -0.25) is 4.79 Å². The highest BCUT2D eigenvalue weighted by Gasteiger charge is 2.23. The fraction of sp³-hybridized carbons (Fsp3) is 0.462. The summed E-state index contributed by atoms with van der Waals surface area (Å²) in [5.41, 5.74) is 6.12. The maximum atomic E-state index is 13.2. The standard InChI is InChI=1S/C13H17FN2O2/c1-18-12-2-4-16(5-3-12)13(17)9-6-10(14)8-11(15)7-9/h6-8,12H,2-5,15H2,1H3. The number of nitrogens with two attached hydrogens (primary N) is 1. The van der Waals surface area contributed by atoms with Crippen LogP contribution in [0.3, 0.4) is 0 Å². The van der Waals surface area contributed by atoms with E-state index in [2.05, 4.69) is 0 Å². The fourth-order valence-electron chi connectivity index (χ4n) is 2.21. The van der Waals surface area contributed by atoms with E-state index in [0.717, 1.165) is 12.8 Å². The number of hydrogen-bond donors (Lipinski definition) is 1. The van der Waals surface area contributed by atoms with Crippen LogP contribution in [0.2, 0.25) is 0 Å². The lowest BCUT2D eigenvalue weighted by molar-refractivity contribution is 0.0350. The van der Waals surface area contributed by atoms with Crippen molar-refractivity contribution in [2.75, 3.05) is 25.9 Å². The first-order chi connectivity index (χ1) is 8.60. The van der Waals surface area contributed by atoms with Crippen LogP contribution in [0.15, 0.2) is 18.2 Å². The van der Waals surface area contributed by atoms with E-state index < -0.39 is 5.82 Å². The molecule has 98 valence electrons. The quantitative estimate of drug-likeness (QED) is 0.814. The van der Waals surface area contributed by atoms with Crippen LogP contribution in [0.5, 0.6) is 0 Å². The summed E-state index contributed by atoms with van der Waals surface area (Å²) in [4.78, 5) is 13.9. The Hall–Kier alpha value is -1.62. The molecule has 2 rings (SSSR count). The Kier molecular flexibility index (Phi) is 3.81. The van der Waals surface area contributed by atoms with Crippen molar-refractivity contribution in [3.8, 4) is 0 Å². The molecular formula is C13H17FN2O2. The normalized spacial score (nSPS) is 16.9. The minimum absolute atomic E-state index is 0.171. The molecule has 1 aromatic carbocycles. The molecule has 1 aliphatic rings. The summed E-state index contributed by atoms with van der Waals surface area (Å²) in [6, 6.07) is 3.93. The van der Waals surface area contributed by atoms with Gasteiger partial charge in [-0.1, -0.05) is 0 Å². The molecule has 1 aromatic rings. The minimum atomic E-state index is -0.481. The minimum Gasteiger partial charge on any atom is -0.399 e. The first-order valence-electron chi connectivity index (χ1n) is 5.98. The van der Waals surface area contributed by atoms with E-state index in [1.807, 2.05) is 0 Å². The van der Waals surface area contributed by atoms with Crippen LogP contribution in [0.1, 0.15) is 23.2 Å². The first kappa shape index (κ1) is 12.8. The molecule has 0 aromatic heterocycles. The van der Waals surface area contributed by atoms with Crippen molar-refractivity contribution in [3.05, 3.63) is 29.6 Å². The Bertz CT molecular complexity index is 422. The van der Waals surface area contributed by atoms with E-state index in [1.165, 1.54) is 18.2 Å². The zero-order valence-electron chi connectivity index (χ0n) is 10.4. The topological polar surface area (TPSA) is 55.6 Å². The molecule has 1 amide bonds. The summed E-state index contributed by atoms with van der Waals surface area (Å²) >= 11 is 0. The van der Waals surface area contributed by atoms with Gasteiger partial charge in [0.25, 0.3) is 5.91 Å².